The van der Waals surface area contributed by atoms with Crippen molar-refractivity contribution in [2.75, 3.05) is 20.2 Å². The van der Waals surface area contributed by atoms with Crippen LogP contribution in [0.4, 0.5) is 0 Å². The van der Waals surface area contributed by atoms with E-state index in [0.29, 0.717) is 19.5 Å². The van der Waals surface area contributed by atoms with E-state index in [2.05, 4.69) is 5.32 Å². The number of rotatable bonds is 5. The van der Waals surface area contributed by atoms with E-state index in [1.54, 1.807) is 7.11 Å². The summed E-state index contributed by atoms with van der Waals surface area (Å²) >= 11 is 0. The van der Waals surface area contributed by atoms with Crippen LogP contribution in [0, 0.1) is 6.92 Å². The average molecular weight is 366 g/mol. The Hall–Kier alpha value is -2.82. The van der Waals surface area contributed by atoms with Crippen LogP contribution in [0.3, 0.4) is 0 Å². The number of nitrogens with zero attached hydrogens (tertiary/aromatic N) is 1. The van der Waals surface area contributed by atoms with Crippen LogP contribution in [0.25, 0.3) is 0 Å². The van der Waals surface area contributed by atoms with Gasteiger partial charge in [0.1, 0.15) is 5.75 Å². The van der Waals surface area contributed by atoms with Gasteiger partial charge in [-0.15, -0.1) is 0 Å². The van der Waals surface area contributed by atoms with E-state index in [4.69, 9.17) is 4.74 Å². The van der Waals surface area contributed by atoms with Crippen LogP contribution in [0.5, 0.6) is 5.75 Å². The van der Waals surface area contributed by atoms with Crippen LogP contribution >= 0.6 is 0 Å². The molecule has 0 spiro atoms. The van der Waals surface area contributed by atoms with Gasteiger partial charge in [0.25, 0.3) is 5.91 Å². The normalized spacial score (nSPS) is 14.7. The molecule has 0 aromatic heterocycles. The molecule has 0 unspecified atom stereocenters. The van der Waals surface area contributed by atoms with Crippen LogP contribution in [-0.2, 0) is 11.2 Å². The highest BCUT2D eigenvalue weighted by molar-refractivity contribution is 5.94. The first-order valence-electron chi connectivity index (χ1n) is 9.33. The molecular weight excluding hydrogens is 340 g/mol. The zero-order valence-electron chi connectivity index (χ0n) is 15.9. The molecule has 0 atom stereocenters. The fraction of sp³-hybridized carbons (Fsp3) is 0.364. The minimum atomic E-state index is 0.0172. The van der Waals surface area contributed by atoms with Gasteiger partial charge in [-0.2, -0.15) is 0 Å². The maximum absolute atomic E-state index is 12.6. The van der Waals surface area contributed by atoms with Crippen molar-refractivity contribution in [3.05, 3.63) is 65.2 Å². The molecule has 0 radical (unpaired) electrons. The number of aryl methyl sites for hydroxylation is 1. The second-order valence-electron chi connectivity index (χ2n) is 7.03. The van der Waals surface area contributed by atoms with E-state index in [1.165, 1.54) is 0 Å². The molecule has 0 aliphatic carbocycles. The van der Waals surface area contributed by atoms with Gasteiger partial charge in [0.05, 0.1) is 13.5 Å². The lowest BCUT2D eigenvalue weighted by molar-refractivity contribution is -0.121. The molecule has 5 nitrogen and oxygen atoms in total. The Balaban J connectivity index is 1.47. The summed E-state index contributed by atoms with van der Waals surface area (Å²) in [7, 11) is 1.62. The van der Waals surface area contributed by atoms with Gasteiger partial charge in [-0.1, -0.05) is 29.8 Å². The van der Waals surface area contributed by atoms with Gasteiger partial charge in [-0.05, 0) is 49.6 Å². The molecule has 2 amide bonds. The number of hydrogen-bond donors (Lipinski definition) is 1. The molecule has 0 bridgehead atoms. The number of amides is 2. The predicted octanol–water partition coefficient (Wildman–Crippen LogP) is 2.97. The number of hydrogen-bond acceptors (Lipinski definition) is 3. The number of piperidine rings is 1. The molecule has 142 valence electrons. The molecule has 1 aliphatic heterocycles. The summed E-state index contributed by atoms with van der Waals surface area (Å²) in [6.07, 6.45) is 1.92. The zero-order chi connectivity index (χ0) is 19.2. The standard InChI is InChI=1S/C22H26N2O3/c1-16-4-3-5-18(14-16)22(26)24-12-10-19(11-13-24)23-21(25)15-17-6-8-20(27-2)9-7-17/h3-9,14,19H,10-13,15H2,1-2H3,(H,23,25). The summed E-state index contributed by atoms with van der Waals surface area (Å²) in [5, 5.41) is 3.10. The van der Waals surface area contributed by atoms with Crippen molar-refractivity contribution in [3.63, 3.8) is 0 Å². The highest BCUT2D eigenvalue weighted by atomic mass is 16.5. The second kappa shape index (κ2) is 8.71. The van der Waals surface area contributed by atoms with E-state index >= 15 is 0 Å². The Morgan fingerprint density at radius 3 is 2.44 bits per heavy atom. The van der Waals surface area contributed by atoms with E-state index in [1.807, 2.05) is 60.4 Å². The molecule has 0 saturated carbocycles. The molecule has 3 rings (SSSR count). The highest BCUT2D eigenvalue weighted by Crippen LogP contribution is 2.16. The SMILES string of the molecule is COc1ccc(CC(=O)NC2CCN(C(=O)c3cccc(C)c3)CC2)cc1. The average Bonchev–Trinajstić information content (AvgIpc) is 2.68. The number of methoxy groups -OCH3 is 1. The van der Waals surface area contributed by atoms with Gasteiger partial charge >= 0.3 is 0 Å². The summed E-state index contributed by atoms with van der Waals surface area (Å²) in [6, 6.07) is 15.3. The molecule has 1 fully saturated rings. The Morgan fingerprint density at radius 1 is 1.11 bits per heavy atom. The molecule has 1 N–H and O–H groups in total. The van der Waals surface area contributed by atoms with Crippen LogP contribution in [0.2, 0.25) is 0 Å². The summed E-state index contributed by atoms with van der Waals surface area (Å²) < 4.78 is 5.13. The number of ether oxygens (including phenoxy) is 1. The van der Waals surface area contributed by atoms with Crippen LogP contribution in [-0.4, -0.2) is 43.0 Å². The molecule has 5 heteroatoms. The first kappa shape index (κ1) is 19.0. The van der Waals surface area contributed by atoms with Crippen molar-refractivity contribution in [1.82, 2.24) is 10.2 Å². The predicted molar refractivity (Wildman–Crippen MR) is 105 cm³/mol. The molecule has 1 aliphatic rings. The maximum atomic E-state index is 12.6. The topological polar surface area (TPSA) is 58.6 Å². The second-order valence-corrected chi connectivity index (χ2v) is 7.03. The minimum Gasteiger partial charge on any atom is -0.497 e. The van der Waals surface area contributed by atoms with Crippen molar-refractivity contribution in [3.8, 4) is 5.75 Å². The minimum absolute atomic E-state index is 0.0172. The van der Waals surface area contributed by atoms with Gasteiger partial charge in [0, 0.05) is 24.7 Å². The Morgan fingerprint density at radius 2 is 1.81 bits per heavy atom. The van der Waals surface area contributed by atoms with Crippen LogP contribution in [0.15, 0.2) is 48.5 Å². The molecule has 27 heavy (non-hydrogen) atoms. The number of carbonyl (C=O) groups excluding carboxylic acids is 2. The molecule has 2 aromatic rings. The van der Waals surface area contributed by atoms with Crippen molar-refractivity contribution < 1.29 is 14.3 Å². The number of benzene rings is 2. The van der Waals surface area contributed by atoms with Crippen LogP contribution in [0.1, 0.15) is 34.3 Å². The van der Waals surface area contributed by atoms with Crippen molar-refractivity contribution in [2.45, 2.75) is 32.2 Å². The summed E-state index contributed by atoms with van der Waals surface area (Å²) in [6.45, 7) is 3.32. The van der Waals surface area contributed by atoms with Crippen molar-refractivity contribution >= 4 is 11.8 Å². The van der Waals surface area contributed by atoms with Gasteiger partial charge in [0.2, 0.25) is 5.91 Å². The van der Waals surface area contributed by atoms with Crippen LogP contribution < -0.4 is 10.1 Å². The Kier molecular flexibility index (Phi) is 6.12. The van der Waals surface area contributed by atoms with E-state index in [0.717, 1.165) is 35.3 Å². The summed E-state index contributed by atoms with van der Waals surface area (Å²) in [4.78, 5) is 26.8. The van der Waals surface area contributed by atoms with E-state index < -0.39 is 0 Å². The molecule has 2 aromatic carbocycles. The third kappa shape index (κ3) is 5.09. The van der Waals surface area contributed by atoms with E-state index in [-0.39, 0.29) is 17.9 Å². The monoisotopic (exact) mass is 366 g/mol. The number of carbonyl (C=O) groups is 2. The van der Waals surface area contributed by atoms with Gasteiger partial charge in [-0.25, -0.2) is 0 Å². The van der Waals surface area contributed by atoms with Crippen molar-refractivity contribution in [2.24, 2.45) is 0 Å². The number of nitrogens with one attached hydrogen (secondary N) is 1. The lowest BCUT2D eigenvalue weighted by Gasteiger charge is -2.32. The molecule has 1 saturated heterocycles. The summed E-state index contributed by atoms with van der Waals surface area (Å²) in [5.74, 6) is 0.871. The first-order chi connectivity index (χ1) is 13.0. The lowest BCUT2D eigenvalue weighted by atomic mass is 10.0. The van der Waals surface area contributed by atoms with Crippen molar-refractivity contribution in [1.29, 1.82) is 0 Å². The summed E-state index contributed by atoms with van der Waals surface area (Å²) in [5.41, 5.74) is 2.78. The fourth-order valence-corrected chi connectivity index (χ4v) is 3.40. The third-order valence-electron chi connectivity index (χ3n) is 4.94. The highest BCUT2D eigenvalue weighted by Gasteiger charge is 2.24. The van der Waals surface area contributed by atoms with Gasteiger partial charge in [-0.3, -0.25) is 9.59 Å². The maximum Gasteiger partial charge on any atom is 0.253 e. The zero-order valence-corrected chi connectivity index (χ0v) is 15.9. The first-order valence-corrected chi connectivity index (χ1v) is 9.33. The molecule has 1 heterocycles. The van der Waals surface area contributed by atoms with Gasteiger partial charge < -0.3 is 15.0 Å². The Bertz CT molecular complexity index is 793. The third-order valence-corrected chi connectivity index (χ3v) is 4.94. The lowest BCUT2D eigenvalue weighted by Crippen LogP contribution is -2.46. The Labute approximate surface area is 160 Å². The fourth-order valence-electron chi connectivity index (χ4n) is 3.40. The van der Waals surface area contributed by atoms with E-state index in [9.17, 15) is 9.59 Å². The quantitative estimate of drug-likeness (QED) is 0.885. The van der Waals surface area contributed by atoms with Gasteiger partial charge in [0.15, 0.2) is 0 Å². The largest absolute Gasteiger partial charge is 0.497 e. The number of likely N-dealkylation sites (tertiary alicyclic amines) is 1. The molecular formula is C22H26N2O3. The smallest absolute Gasteiger partial charge is 0.253 e.